The predicted octanol–water partition coefficient (Wildman–Crippen LogP) is 4.14. The standard InChI is InChI=1S/C21H24N4O2/c1-15-22-20(24(2)23-15)16-9-11-17(12-10-16)21(26)25-13-5-3-4-7-18(25)19-8-6-14-27-19/h6,8-12,14,18H,3-5,7,13H2,1-2H3. The van der Waals surface area contributed by atoms with E-state index < -0.39 is 0 Å². The molecule has 0 saturated carbocycles. The lowest BCUT2D eigenvalue weighted by Crippen LogP contribution is -2.34. The van der Waals surface area contributed by atoms with Crippen LogP contribution < -0.4 is 0 Å². The van der Waals surface area contributed by atoms with Gasteiger partial charge in [0.15, 0.2) is 5.82 Å². The van der Waals surface area contributed by atoms with Crippen LogP contribution in [0.3, 0.4) is 0 Å². The Morgan fingerprint density at radius 3 is 2.63 bits per heavy atom. The number of rotatable bonds is 3. The first kappa shape index (κ1) is 17.5. The molecule has 0 N–H and O–H groups in total. The summed E-state index contributed by atoms with van der Waals surface area (Å²) in [6.07, 6.45) is 5.90. The lowest BCUT2D eigenvalue weighted by Gasteiger charge is -2.28. The van der Waals surface area contributed by atoms with Crippen LogP contribution in [0.4, 0.5) is 0 Å². The molecule has 1 aliphatic heterocycles. The molecule has 4 rings (SSSR count). The van der Waals surface area contributed by atoms with Crippen molar-refractivity contribution < 1.29 is 9.21 Å². The second kappa shape index (κ2) is 7.39. The molecule has 27 heavy (non-hydrogen) atoms. The lowest BCUT2D eigenvalue weighted by molar-refractivity contribution is 0.0658. The van der Waals surface area contributed by atoms with Crippen molar-refractivity contribution in [3.63, 3.8) is 0 Å². The van der Waals surface area contributed by atoms with Gasteiger partial charge < -0.3 is 9.32 Å². The summed E-state index contributed by atoms with van der Waals surface area (Å²) in [5, 5.41) is 4.29. The monoisotopic (exact) mass is 364 g/mol. The molecule has 1 aliphatic rings. The van der Waals surface area contributed by atoms with Crippen LogP contribution in [0.5, 0.6) is 0 Å². The molecule has 0 spiro atoms. The van der Waals surface area contributed by atoms with Gasteiger partial charge in [-0.25, -0.2) is 9.67 Å². The van der Waals surface area contributed by atoms with Crippen molar-refractivity contribution in [3.05, 3.63) is 59.8 Å². The number of carbonyl (C=O) groups is 1. The molecule has 3 heterocycles. The van der Waals surface area contributed by atoms with E-state index in [0.29, 0.717) is 5.56 Å². The fraction of sp³-hybridized carbons (Fsp3) is 0.381. The molecule has 3 aromatic rings. The molecule has 6 nitrogen and oxygen atoms in total. The van der Waals surface area contributed by atoms with Gasteiger partial charge in [-0.2, -0.15) is 5.10 Å². The van der Waals surface area contributed by atoms with Gasteiger partial charge in [-0.3, -0.25) is 4.79 Å². The number of aryl methyl sites for hydroxylation is 2. The van der Waals surface area contributed by atoms with E-state index in [1.807, 2.05) is 55.3 Å². The van der Waals surface area contributed by atoms with Crippen LogP contribution in [-0.2, 0) is 7.05 Å². The molecular weight excluding hydrogens is 340 g/mol. The Hall–Kier alpha value is -2.89. The largest absolute Gasteiger partial charge is 0.467 e. The molecule has 1 fully saturated rings. The molecule has 0 aliphatic carbocycles. The minimum atomic E-state index is 0.0102. The molecule has 2 aromatic heterocycles. The van der Waals surface area contributed by atoms with Crippen molar-refractivity contribution in [1.82, 2.24) is 19.7 Å². The van der Waals surface area contributed by atoms with Crippen molar-refractivity contribution in [2.24, 2.45) is 7.05 Å². The smallest absolute Gasteiger partial charge is 0.254 e. The van der Waals surface area contributed by atoms with Crippen molar-refractivity contribution in [1.29, 1.82) is 0 Å². The maximum atomic E-state index is 13.2. The van der Waals surface area contributed by atoms with Crippen LogP contribution in [-0.4, -0.2) is 32.1 Å². The van der Waals surface area contributed by atoms with E-state index in [2.05, 4.69) is 10.1 Å². The second-order valence-electron chi connectivity index (χ2n) is 7.06. The maximum absolute atomic E-state index is 13.2. The molecular formula is C21H24N4O2. The van der Waals surface area contributed by atoms with Crippen LogP contribution in [0.25, 0.3) is 11.4 Å². The number of likely N-dealkylation sites (tertiary alicyclic amines) is 1. The van der Waals surface area contributed by atoms with E-state index in [9.17, 15) is 4.79 Å². The topological polar surface area (TPSA) is 64.2 Å². The normalized spacial score (nSPS) is 17.7. The Morgan fingerprint density at radius 2 is 1.96 bits per heavy atom. The minimum absolute atomic E-state index is 0.0102. The molecule has 0 radical (unpaired) electrons. The van der Waals surface area contributed by atoms with Crippen LogP contribution >= 0.6 is 0 Å². The summed E-state index contributed by atoms with van der Waals surface area (Å²) in [6, 6.07) is 11.5. The third-order valence-electron chi connectivity index (χ3n) is 5.14. The van der Waals surface area contributed by atoms with Crippen molar-refractivity contribution >= 4 is 5.91 Å². The molecule has 1 saturated heterocycles. The zero-order valence-electron chi connectivity index (χ0n) is 15.8. The molecule has 1 unspecified atom stereocenters. The fourth-order valence-electron chi connectivity index (χ4n) is 3.82. The van der Waals surface area contributed by atoms with Crippen LogP contribution in [0.2, 0.25) is 0 Å². The first-order chi connectivity index (χ1) is 13.1. The predicted molar refractivity (Wildman–Crippen MR) is 102 cm³/mol. The van der Waals surface area contributed by atoms with Gasteiger partial charge in [-0.1, -0.05) is 25.0 Å². The number of furan rings is 1. The zero-order valence-corrected chi connectivity index (χ0v) is 15.8. The van der Waals surface area contributed by atoms with E-state index in [4.69, 9.17) is 4.42 Å². The highest BCUT2D eigenvalue weighted by molar-refractivity contribution is 5.95. The summed E-state index contributed by atoms with van der Waals surface area (Å²) < 4.78 is 7.38. The van der Waals surface area contributed by atoms with Crippen LogP contribution in [0.15, 0.2) is 47.1 Å². The number of carbonyl (C=O) groups excluding carboxylic acids is 1. The summed E-state index contributed by atoms with van der Waals surface area (Å²) >= 11 is 0. The average molecular weight is 364 g/mol. The number of aromatic nitrogens is 3. The van der Waals surface area contributed by atoms with Gasteiger partial charge in [0.2, 0.25) is 0 Å². The highest BCUT2D eigenvalue weighted by Crippen LogP contribution is 2.32. The minimum Gasteiger partial charge on any atom is -0.467 e. The summed E-state index contributed by atoms with van der Waals surface area (Å²) in [4.78, 5) is 19.6. The summed E-state index contributed by atoms with van der Waals surface area (Å²) in [7, 11) is 1.87. The number of nitrogens with zero attached hydrogens (tertiary/aromatic N) is 4. The van der Waals surface area contributed by atoms with Crippen LogP contribution in [0.1, 0.15) is 53.7 Å². The maximum Gasteiger partial charge on any atom is 0.254 e. The van der Waals surface area contributed by atoms with E-state index in [-0.39, 0.29) is 11.9 Å². The van der Waals surface area contributed by atoms with Gasteiger partial charge in [-0.15, -0.1) is 0 Å². The molecule has 1 aromatic carbocycles. The Kier molecular flexibility index (Phi) is 4.79. The molecule has 6 heteroatoms. The van der Waals surface area contributed by atoms with E-state index in [1.165, 1.54) is 0 Å². The molecule has 1 atom stereocenters. The number of hydrogen-bond acceptors (Lipinski definition) is 4. The van der Waals surface area contributed by atoms with Gasteiger partial charge in [0.1, 0.15) is 11.6 Å². The summed E-state index contributed by atoms with van der Waals surface area (Å²) in [6.45, 7) is 2.63. The van der Waals surface area contributed by atoms with E-state index >= 15 is 0 Å². The van der Waals surface area contributed by atoms with Crippen LogP contribution in [0, 0.1) is 6.92 Å². The molecule has 140 valence electrons. The quantitative estimate of drug-likeness (QED) is 0.701. The zero-order chi connectivity index (χ0) is 18.8. The third-order valence-corrected chi connectivity index (χ3v) is 5.14. The first-order valence-corrected chi connectivity index (χ1v) is 9.46. The fourth-order valence-corrected chi connectivity index (χ4v) is 3.82. The van der Waals surface area contributed by atoms with E-state index in [0.717, 1.165) is 55.2 Å². The van der Waals surface area contributed by atoms with Gasteiger partial charge in [0.05, 0.1) is 12.3 Å². The number of amides is 1. The van der Waals surface area contributed by atoms with E-state index in [1.54, 1.807) is 10.9 Å². The molecule has 0 bridgehead atoms. The first-order valence-electron chi connectivity index (χ1n) is 9.46. The number of benzene rings is 1. The number of hydrogen-bond donors (Lipinski definition) is 0. The average Bonchev–Trinajstić information content (AvgIpc) is 3.24. The summed E-state index contributed by atoms with van der Waals surface area (Å²) in [5.41, 5.74) is 1.64. The highest BCUT2D eigenvalue weighted by atomic mass is 16.3. The lowest BCUT2D eigenvalue weighted by atomic mass is 10.1. The van der Waals surface area contributed by atoms with Crippen molar-refractivity contribution in [3.8, 4) is 11.4 Å². The van der Waals surface area contributed by atoms with Gasteiger partial charge >= 0.3 is 0 Å². The Labute approximate surface area is 158 Å². The van der Waals surface area contributed by atoms with Gasteiger partial charge in [-0.05, 0) is 44.0 Å². The Balaban J connectivity index is 1.60. The third kappa shape index (κ3) is 3.52. The SMILES string of the molecule is Cc1nc(-c2ccc(C(=O)N3CCCCCC3c3ccco3)cc2)n(C)n1. The Morgan fingerprint density at radius 1 is 1.15 bits per heavy atom. The Bertz CT molecular complexity index is 912. The van der Waals surface area contributed by atoms with Gasteiger partial charge in [0, 0.05) is 24.7 Å². The van der Waals surface area contributed by atoms with Gasteiger partial charge in [0.25, 0.3) is 5.91 Å². The second-order valence-corrected chi connectivity index (χ2v) is 7.06. The van der Waals surface area contributed by atoms with Crippen molar-refractivity contribution in [2.75, 3.05) is 6.54 Å². The summed E-state index contributed by atoms with van der Waals surface area (Å²) in [5.74, 6) is 2.46. The molecule has 1 amide bonds. The highest BCUT2D eigenvalue weighted by Gasteiger charge is 2.29. The van der Waals surface area contributed by atoms with Crippen molar-refractivity contribution in [2.45, 2.75) is 38.6 Å².